The van der Waals surface area contributed by atoms with Crippen molar-refractivity contribution in [3.63, 3.8) is 0 Å². The molecule has 184 valence electrons. The van der Waals surface area contributed by atoms with Crippen LogP contribution >= 0.6 is 0 Å². The normalized spacial score (nSPS) is 12.3. The molecule has 0 aliphatic heterocycles. The molecule has 0 saturated heterocycles. The molecule has 0 radical (unpaired) electrons. The van der Waals surface area contributed by atoms with Crippen molar-refractivity contribution >= 4 is 22.9 Å². The molecular formula is C26H42N4O3. The average molecular weight is 459 g/mol. The highest BCUT2D eigenvalue weighted by Crippen LogP contribution is 2.16. The van der Waals surface area contributed by atoms with Crippen LogP contribution in [0.2, 0.25) is 0 Å². The van der Waals surface area contributed by atoms with Crippen LogP contribution in [0, 0.1) is 12.8 Å². The van der Waals surface area contributed by atoms with Crippen molar-refractivity contribution < 1.29 is 14.3 Å². The summed E-state index contributed by atoms with van der Waals surface area (Å²) in [5.41, 5.74) is 2.14. The van der Waals surface area contributed by atoms with E-state index in [0.717, 1.165) is 43.6 Å². The SMILES string of the molecule is CCOC(=O)[C@H](CC(C)C)NC(=O)CCCCCCCCCCn1c(C)nc2cnccc21. The molecule has 0 spiro atoms. The summed E-state index contributed by atoms with van der Waals surface area (Å²) in [4.78, 5) is 33.0. The van der Waals surface area contributed by atoms with E-state index in [1.807, 2.05) is 32.3 Å². The second-order valence-electron chi connectivity index (χ2n) is 9.26. The van der Waals surface area contributed by atoms with E-state index in [2.05, 4.69) is 26.8 Å². The molecule has 7 heteroatoms. The van der Waals surface area contributed by atoms with Crippen LogP contribution in [0.15, 0.2) is 18.5 Å². The quantitative estimate of drug-likeness (QED) is 0.271. The maximum absolute atomic E-state index is 12.2. The van der Waals surface area contributed by atoms with Gasteiger partial charge in [0.25, 0.3) is 0 Å². The Balaban J connectivity index is 1.52. The number of esters is 1. The Morgan fingerprint density at radius 1 is 1.06 bits per heavy atom. The van der Waals surface area contributed by atoms with Gasteiger partial charge in [-0.25, -0.2) is 9.78 Å². The first-order valence-corrected chi connectivity index (χ1v) is 12.6. The number of carbonyl (C=O) groups is 2. The molecule has 1 N–H and O–H groups in total. The number of nitrogens with one attached hydrogen (secondary N) is 1. The van der Waals surface area contributed by atoms with E-state index in [-0.39, 0.29) is 11.9 Å². The van der Waals surface area contributed by atoms with E-state index in [1.165, 1.54) is 31.2 Å². The molecule has 33 heavy (non-hydrogen) atoms. The van der Waals surface area contributed by atoms with E-state index < -0.39 is 6.04 Å². The molecule has 2 aromatic heterocycles. The minimum absolute atomic E-state index is 0.0493. The van der Waals surface area contributed by atoms with Crippen molar-refractivity contribution in [2.75, 3.05) is 6.61 Å². The highest BCUT2D eigenvalue weighted by molar-refractivity contribution is 5.84. The Kier molecular flexibility index (Phi) is 11.9. The van der Waals surface area contributed by atoms with Crippen LogP contribution in [-0.4, -0.2) is 39.1 Å². The number of aromatic nitrogens is 3. The fourth-order valence-corrected chi connectivity index (χ4v) is 4.20. The lowest BCUT2D eigenvalue weighted by Crippen LogP contribution is -2.42. The van der Waals surface area contributed by atoms with Crippen molar-refractivity contribution in [2.24, 2.45) is 5.92 Å². The summed E-state index contributed by atoms with van der Waals surface area (Å²) in [5.74, 6) is 1.000. The number of nitrogens with zero attached hydrogens (tertiary/aromatic N) is 3. The van der Waals surface area contributed by atoms with Gasteiger partial charge < -0.3 is 14.6 Å². The van der Waals surface area contributed by atoms with E-state index >= 15 is 0 Å². The van der Waals surface area contributed by atoms with Crippen LogP contribution in [0.1, 0.15) is 90.8 Å². The Labute approximate surface area is 198 Å². The predicted molar refractivity (Wildman–Crippen MR) is 132 cm³/mol. The lowest BCUT2D eigenvalue weighted by molar-refractivity contribution is -0.147. The largest absolute Gasteiger partial charge is 0.464 e. The highest BCUT2D eigenvalue weighted by atomic mass is 16.5. The molecule has 0 aliphatic rings. The Hall–Kier alpha value is -2.44. The molecule has 1 amide bonds. The molecule has 0 bridgehead atoms. The van der Waals surface area contributed by atoms with Crippen molar-refractivity contribution in [1.29, 1.82) is 0 Å². The lowest BCUT2D eigenvalue weighted by atomic mass is 10.0. The minimum Gasteiger partial charge on any atom is -0.464 e. The molecule has 1 atom stereocenters. The van der Waals surface area contributed by atoms with Crippen molar-refractivity contribution in [2.45, 2.75) is 104 Å². The number of aryl methyl sites for hydroxylation is 2. The van der Waals surface area contributed by atoms with Crippen LogP contribution in [0.5, 0.6) is 0 Å². The van der Waals surface area contributed by atoms with E-state index in [1.54, 1.807) is 6.92 Å². The second kappa shape index (κ2) is 14.7. The first kappa shape index (κ1) is 26.8. The third-order valence-corrected chi connectivity index (χ3v) is 5.89. The topological polar surface area (TPSA) is 86.1 Å². The fourth-order valence-electron chi connectivity index (χ4n) is 4.20. The molecule has 0 aliphatic carbocycles. The Morgan fingerprint density at radius 2 is 1.73 bits per heavy atom. The van der Waals surface area contributed by atoms with Crippen molar-refractivity contribution in [3.8, 4) is 0 Å². The van der Waals surface area contributed by atoms with Crippen LogP contribution in [0.4, 0.5) is 0 Å². The van der Waals surface area contributed by atoms with E-state index in [9.17, 15) is 9.59 Å². The number of carbonyl (C=O) groups excluding carboxylic acids is 2. The molecule has 0 saturated carbocycles. The molecule has 2 aromatic rings. The zero-order valence-electron chi connectivity index (χ0n) is 20.9. The molecule has 2 heterocycles. The second-order valence-corrected chi connectivity index (χ2v) is 9.26. The highest BCUT2D eigenvalue weighted by Gasteiger charge is 2.22. The van der Waals surface area contributed by atoms with Gasteiger partial charge in [-0.15, -0.1) is 0 Å². The Morgan fingerprint density at radius 3 is 2.39 bits per heavy atom. The number of ether oxygens (including phenoxy) is 1. The minimum atomic E-state index is -0.529. The van der Waals surface area contributed by atoms with E-state index in [4.69, 9.17) is 4.74 Å². The summed E-state index contributed by atoms with van der Waals surface area (Å²) in [7, 11) is 0. The summed E-state index contributed by atoms with van der Waals surface area (Å²) < 4.78 is 7.38. The fraction of sp³-hybridized carbons (Fsp3) is 0.692. The zero-order chi connectivity index (χ0) is 24.1. The number of pyridine rings is 1. The number of unbranched alkanes of at least 4 members (excludes halogenated alkanes) is 7. The van der Waals surface area contributed by atoms with Gasteiger partial charge in [0.1, 0.15) is 17.4 Å². The monoisotopic (exact) mass is 458 g/mol. The Bertz CT molecular complexity index is 862. The number of imidazole rings is 1. The number of fused-ring (bicyclic) bond motifs is 1. The number of amides is 1. The number of hydrogen-bond acceptors (Lipinski definition) is 5. The smallest absolute Gasteiger partial charge is 0.328 e. The van der Waals surface area contributed by atoms with Crippen molar-refractivity contribution in [1.82, 2.24) is 19.9 Å². The molecule has 2 rings (SSSR count). The number of hydrogen-bond donors (Lipinski definition) is 1. The maximum Gasteiger partial charge on any atom is 0.328 e. The standard InChI is InChI=1S/C26H42N4O3/c1-5-33-26(32)22(18-20(2)3)29-25(31)14-12-10-8-6-7-9-11-13-17-30-21(4)28-23-19-27-16-15-24(23)30/h15-16,19-20,22H,5-14,17-18H2,1-4H3,(H,29,31)/t22-/m0/s1. The van der Waals surface area contributed by atoms with Gasteiger partial charge in [0, 0.05) is 19.2 Å². The lowest BCUT2D eigenvalue weighted by Gasteiger charge is -2.19. The first-order chi connectivity index (χ1) is 15.9. The summed E-state index contributed by atoms with van der Waals surface area (Å²) in [5, 5.41) is 2.86. The van der Waals surface area contributed by atoms with E-state index in [0.29, 0.717) is 25.4 Å². The molecule has 0 unspecified atom stereocenters. The predicted octanol–water partition coefficient (Wildman–Crippen LogP) is 5.34. The van der Waals surface area contributed by atoms with Crippen molar-refractivity contribution in [3.05, 3.63) is 24.3 Å². The zero-order valence-corrected chi connectivity index (χ0v) is 20.9. The molecular weight excluding hydrogens is 416 g/mol. The summed E-state index contributed by atoms with van der Waals surface area (Å²) in [6, 6.07) is 1.51. The van der Waals surface area contributed by atoms with Gasteiger partial charge >= 0.3 is 5.97 Å². The summed E-state index contributed by atoms with van der Waals surface area (Å²) in [6.45, 7) is 9.26. The van der Waals surface area contributed by atoms with Crippen LogP contribution in [-0.2, 0) is 20.9 Å². The van der Waals surface area contributed by atoms with Gasteiger partial charge in [-0.1, -0.05) is 52.4 Å². The van der Waals surface area contributed by atoms with Crippen LogP contribution < -0.4 is 5.32 Å². The average Bonchev–Trinajstić information content (AvgIpc) is 3.09. The molecule has 0 fully saturated rings. The molecule has 7 nitrogen and oxygen atoms in total. The van der Waals surface area contributed by atoms with Crippen LogP contribution in [0.25, 0.3) is 11.0 Å². The first-order valence-electron chi connectivity index (χ1n) is 12.6. The molecule has 0 aromatic carbocycles. The van der Waals surface area contributed by atoms with Crippen LogP contribution in [0.3, 0.4) is 0 Å². The number of rotatable bonds is 16. The van der Waals surface area contributed by atoms with Gasteiger partial charge in [-0.3, -0.25) is 9.78 Å². The van der Waals surface area contributed by atoms with Gasteiger partial charge in [0.15, 0.2) is 0 Å². The summed E-state index contributed by atoms with van der Waals surface area (Å²) in [6.07, 6.45) is 13.9. The third-order valence-electron chi connectivity index (χ3n) is 5.89. The third kappa shape index (κ3) is 9.52. The van der Waals surface area contributed by atoms with Gasteiger partial charge in [0.2, 0.25) is 5.91 Å². The van der Waals surface area contributed by atoms with Gasteiger partial charge in [0.05, 0.1) is 18.3 Å². The summed E-state index contributed by atoms with van der Waals surface area (Å²) >= 11 is 0. The maximum atomic E-state index is 12.2. The van der Waals surface area contributed by atoms with Gasteiger partial charge in [-0.05, 0) is 45.1 Å². The van der Waals surface area contributed by atoms with Gasteiger partial charge in [-0.2, -0.15) is 0 Å².